The van der Waals surface area contributed by atoms with E-state index < -0.39 is 8.53 Å². The topological polar surface area (TPSA) is 0 Å². The molecule has 0 fully saturated rings. The highest BCUT2D eigenvalue weighted by Crippen LogP contribution is 2.21. The second-order valence-electron chi connectivity index (χ2n) is 5.38. The first-order chi connectivity index (χ1) is 11.6. The highest BCUT2D eigenvalue weighted by atomic mass is 32.2. The van der Waals surface area contributed by atoms with Crippen molar-refractivity contribution >= 4 is 40.6 Å². The first-order valence-electron chi connectivity index (χ1n) is 10.1. The summed E-state index contributed by atoms with van der Waals surface area (Å²) in [5, 5.41) is 0. The van der Waals surface area contributed by atoms with Crippen molar-refractivity contribution in [3.05, 3.63) is 0 Å². The lowest BCUT2D eigenvalue weighted by Gasteiger charge is -2.00. The second kappa shape index (κ2) is 69.8. The lowest BCUT2D eigenvalue weighted by molar-refractivity contribution is 0.779. The third-order valence-corrected chi connectivity index (χ3v) is 8.42. The smallest absolute Gasteiger partial charge is 0.0588 e. The molecule has 0 bridgehead atoms. The Labute approximate surface area is 216 Å². The lowest BCUT2D eigenvalue weighted by atomic mass is 10.3. The molecule has 0 saturated heterocycles. The van der Waals surface area contributed by atoms with Crippen molar-refractivity contribution in [1.82, 2.24) is 0 Å². The molecule has 0 aromatic rings. The predicted molar refractivity (Wildman–Crippen MR) is 174 cm³/mol. The SMILES string of the molecule is C.C.C.C.C.C.C.C.[2H]P(CCC)CSCCCC.[2H]P(CCCC)CSCCCCC. The average Bonchev–Trinajstić information content (AvgIpc) is 2.57. The number of thioether (sulfide) groups is 2. The normalized spacial score (nSPS) is 10.7. The average molecular weight is 515 g/mol. The number of hydrogen-bond donors (Lipinski definition) is 0. The van der Waals surface area contributed by atoms with E-state index in [0.717, 1.165) is 23.3 Å². The zero-order valence-electron chi connectivity index (χ0n) is 17.6. The lowest BCUT2D eigenvalue weighted by Crippen LogP contribution is -1.81. The van der Waals surface area contributed by atoms with Crippen LogP contribution in [0.2, 0.25) is 0 Å². The molecule has 0 heterocycles. The summed E-state index contributed by atoms with van der Waals surface area (Å²) in [6, 6.07) is 0. The van der Waals surface area contributed by atoms with Crippen LogP contribution in [-0.4, -0.2) is 37.4 Å². The standard InChI is InChI=1S/C10H23PS.C8H19PS.8CH4/c1-3-5-7-9-12-10-11-8-6-4-2;1-3-5-7-10-8-9-6-4-2;;;;;;;;/h11H,3-10H2,1-2H3;9H,3-8H2,1-2H3;8*1H4/i11D;9D;;;;;;;;. The van der Waals surface area contributed by atoms with Gasteiger partial charge >= 0.3 is 0 Å². The zero-order chi connectivity index (χ0) is 18.5. The van der Waals surface area contributed by atoms with Gasteiger partial charge in [0.15, 0.2) is 0 Å². The second-order valence-corrected chi connectivity index (χ2v) is 10.9. The van der Waals surface area contributed by atoms with E-state index >= 15 is 0 Å². The van der Waals surface area contributed by atoms with Gasteiger partial charge in [-0.2, -0.15) is 23.5 Å². The van der Waals surface area contributed by atoms with E-state index in [4.69, 9.17) is 2.56 Å². The van der Waals surface area contributed by atoms with E-state index in [1.165, 1.54) is 62.9 Å². The van der Waals surface area contributed by atoms with Gasteiger partial charge in [-0.05, 0) is 43.1 Å². The first-order valence-corrected chi connectivity index (χ1v) is 14.1. The molecule has 0 spiro atoms. The van der Waals surface area contributed by atoms with Crippen molar-refractivity contribution in [2.24, 2.45) is 0 Å². The molecule has 0 aromatic carbocycles. The minimum absolute atomic E-state index is 0. The van der Waals surface area contributed by atoms with E-state index in [9.17, 15) is 0 Å². The van der Waals surface area contributed by atoms with Crippen LogP contribution >= 0.6 is 40.6 Å². The summed E-state index contributed by atoms with van der Waals surface area (Å²) in [7, 11) is -0.779. The van der Waals surface area contributed by atoms with E-state index in [2.05, 4.69) is 27.7 Å². The van der Waals surface area contributed by atoms with Gasteiger partial charge in [0.05, 0.1) is 2.56 Å². The maximum atomic E-state index is 7.80. The number of hydrogen-bond acceptors (Lipinski definition) is 2. The van der Waals surface area contributed by atoms with Crippen molar-refractivity contribution in [1.29, 1.82) is 2.56 Å². The number of unbranched alkanes of at least 4 members (excludes halogenated alkanes) is 4. The van der Waals surface area contributed by atoms with E-state index in [0.29, 0.717) is 0 Å². The van der Waals surface area contributed by atoms with Gasteiger partial charge in [-0.25, -0.2) is 0 Å². The quantitative estimate of drug-likeness (QED) is 0.148. The van der Waals surface area contributed by atoms with Crippen molar-refractivity contribution in [3.63, 3.8) is 0 Å². The Morgan fingerprint density at radius 2 is 0.900 bits per heavy atom. The van der Waals surface area contributed by atoms with Crippen LogP contribution in [-0.2, 0) is 0 Å². The van der Waals surface area contributed by atoms with Crippen molar-refractivity contribution in [2.45, 2.75) is 138 Å². The largest absolute Gasteiger partial charge is 0.158 e. The van der Waals surface area contributed by atoms with Crippen molar-refractivity contribution < 1.29 is 0 Å². The molecule has 0 nitrogen and oxygen atoms in total. The summed E-state index contributed by atoms with van der Waals surface area (Å²) in [6.45, 7) is 8.83. The van der Waals surface area contributed by atoms with Crippen LogP contribution in [0.25, 0.3) is 0 Å². The van der Waals surface area contributed by atoms with Gasteiger partial charge in [-0.3, -0.25) is 0 Å². The van der Waals surface area contributed by atoms with E-state index in [-0.39, 0.29) is 67.9 Å². The molecule has 0 rings (SSSR count). The van der Waals surface area contributed by atoms with Gasteiger partial charge in [0.2, 0.25) is 0 Å². The molecule has 4 heteroatoms. The van der Waals surface area contributed by atoms with Gasteiger partial charge < -0.3 is 0 Å². The van der Waals surface area contributed by atoms with Gasteiger partial charge in [-0.15, -0.1) is 17.1 Å². The van der Waals surface area contributed by atoms with Crippen LogP contribution in [0.1, 0.15) is 138 Å². The van der Waals surface area contributed by atoms with Crippen LogP contribution in [0.4, 0.5) is 0 Å². The fourth-order valence-electron chi connectivity index (χ4n) is 1.52. The molecule has 0 aromatic heterocycles. The Kier molecular flexibility index (Phi) is 124. The summed E-state index contributed by atoms with van der Waals surface area (Å²) < 4.78 is 15.5. The molecule has 0 aliphatic carbocycles. The third-order valence-electron chi connectivity index (χ3n) is 2.95. The molecule has 2 atom stereocenters. The summed E-state index contributed by atoms with van der Waals surface area (Å²) >= 11 is 3.96. The van der Waals surface area contributed by atoms with Crippen LogP contribution in [0.5, 0.6) is 0 Å². The Bertz CT molecular complexity index is 228. The maximum Gasteiger partial charge on any atom is 0.0588 e. The summed E-state index contributed by atoms with van der Waals surface area (Å²) in [5.74, 6) is 2.54. The van der Waals surface area contributed by atoms with Gasteiger partial charge in [-0.1, -0.05) is 119 Å². The summed E-state index contributed by atoms with van der Waals surface area (Å²) in [5.41, 5.74) is 2.21. The van der Waals surface area contributed by atoms with Crippen LogP contribution in [0, 0.1) is 0 Å². The summed E-state index contributed by atoms with van der Waals surface area (Å²) in [4.78, 5) is 0. The fourth-order valence-corrected chi connectivity index (χ4v) is 6.37. The number of rotatable bonds is 16. The van der Waals surface area contributed by atoms with Gasteiger partial charge in [0.1, 0.15) is 0 Å². The van der Waals surface area contributed by atoms with Crippen LogP contribution in [0.15, 0.2) is 0 Å². The Morgan fingerprint density at radius 1 is 0.500 bits per heavy atom. The summed E-state index contributed by atoms with van der Waals surface area (Å²) in [6.07, 6.45) is 12.6. The predicted octanol–water partition coefficient (Wildman–Crippen LogP) is 13.0. The fraction of sp³-hybridized carbons (Fsp3) is 1.00. The van der Waals surface area contributed by atoms with Crippen LogP contribution < -0.4 is 0 Å². The molecule has 0 radical (unpaired) electrons. The van der Waals surface area contributed by atoms with E-state index in [1.807, 2.05) is 23.5 Å². The minimum atomic E-state index is -0.394. The molecule has 2 unspecified atom stereocenters. The third kappa shape index (κ3) is 78.2. The first kappa shape index (κ1) is 53.1. The molecule has 0 amide bonds. The molecular weight excluding hydrogens is 438 g/mol. The van der Waals surface area contributed by atoms with E-state index in [1.54, 1.807) is 0 Å². The van der Waals surface area contributed by atoms with Crippen molar-refractivity contribution in [2.75, 3.05) is 34.8 Å². The monoisotopic (exact) mass is 514 g/mol. The zero-order valence-corrected chi connectivity index (χ0v) is 19.0. The van der Waals surface area contributed by atoms with Crippen LogP contribution in [0.3, 0.4) is 0 Å². The Morgan fingerprint density at radius 3 is 1.30 bits per heavy atom. The molecule has 0 aliphatic rings. The molecule has 0 aliphatic heterocycles. The Balaban J connectivity index is -0.0000000305. The molecule has 0 saturated carbocycles. The molecule has 200 valence electrons. The van der Waals surface area contributed by atoms with Gasteiger partial charge in [0.25, 0.3) is 0 Å². The molecule has 30 heavy (non-hydrogen) atoms. The maximum absolute atomic E-state index is 7.80. The highest BCUT2D eigenvalue weighted by Gasteiger charge is 1.90. The Hall–Kier alpha value is 1.56. The molecule has 0 N–H and O–H groups in total. The minimum Gasteiger partial charge on any atom is -0.158 e. The highest BCUT2D eigenvalue weighted by molar-refractivity contribution is 8.03. The molecular formula is C26H74P2S2. The van der Waals surface area contributed by atoms with Crippen molar-refractivity contribution in [3.8, 4) is 0 Å². The van der Waals surface area contributed by atoms with Gasteiger partial charge in [0, 0.05) is 11.0 Å².